The number of likely N-dealkylation sites (tertiary alicyclic amines) is 1. The summed E-state index contributed by atoms with van der Waals surface area (Å²) in [6.45, 7) is 4.41. The van der Waals surface area contributed by atoms with E-state index < -0.39 is 33.4 Å². The third kappa shape index (κ3) is 4.51. The molecule has 8 heteroatoms. The Labute approximate surface area is 228 Å². The molecule has 3 aliphatic rings. The van der Waals surface area contributed by atoms with E-state index in [1.54, 1.807) is 16.7 Å². The first-order valence-electron chi connectivity index (χ1n) is 13.7. The number of anilines is 1. The number of thioether (sulfide) groups is 1. The van der Waals surface area contributed by atoms with Crippen LogP contribution < -0.4 is 10.6 Å². The smallest absolute Gasteiger partial charge is 0.244 e. The number of rotatable bonds is 10. The fraction of sp³-hybridized carbons (Fsp3) is 0.500. The molecule has 0 aliphatic carbocycles. The van der Waals surface area contributed by atoms with Crippen molar-refractivity contribution < 1.29 is 19.5 Å². The molecule has 0 aromatic heterocycles. The summed E-state index contributed by atoms with van der Waals surface area (Å²) in [5.74, 6) is -1.74. The predicted molar refractivity (Wildman–Crippen MR) is 150 cm³/mol. The number of aliphatic hydroxyl groups is 1. The van der Waals surface area contributed by atoms with Crippen LogP contribution in [0.4, 0.5) is 5.69 Å². The molecule has 2 bridgehead atoms. The summed E-state index contributed by atoms with van der Waals surface area (Å²) in [6, 6.07) is 17.7. The van der Waals surface area contributed by atoms with Crippen LogP contribution in [0.3, 0.4) is 0 Å². The summed E-state index contributed by atoms with van der Waals surface area (Å²) >= 11 is 1.65. The molecule has 1 spiro atoms. The number of para-hydroxylation sites is 1. The minimum Gasteiger partial charge on any atom is -0.394 e. The van der Waals surface area contributed by atoms with Gasteiger partial charge in [-0.15, -0.1) is 11.8 Å². The molecule has 3 N–H and O–H groups in total. The molecule has 202 valence electrons. The maximum atomic E-state index is 14.4. The molecule has 38 heavy (non-hydrogen) atoms. The molecule has 5 rings (SSSR count). The van der Waals surface area contributed by atoms with Crippen LogP contribution in [-0.4, -0.2) is 62.5 Å². The number of nitrogens with zero attached hydrogens (tertiary/aromatic N) is 1. The normalized spacial score (nSPS) is 30.2. The summed E-state index contributed by atoms with van der Waals surface area (Å²) < 4.78 is -1.15. The molecule has 3 heterocycles. The number of amides is 3. The Morgan fingerprint density at radius 2 is 1.76 bits per heavy atom. The second-order valence-corrected chi connectivity index (χ2v) is 12.9. The Morgan fingerprint density at radius 1 is 1.08 bits per heavy atom. The van der Waals surface area contributed by atoms with E-state index >= 15 is 0 Å². The van der Waals surface area contributed by atoms with Crippen molar-refractivity contribution in [2.75, 3.05) is 18.5 Å². The highest BCUT2D eigenvalue weighted by Gasteiger charge is 2.77. The van der Waals surface area contributed by atoms with Gasteiger partial charge in [0.05, 0.1) is 29.2 Å². The molecule has 2 aromatic carbocycles. The molecule has 3 fully saturated rings. The van der Waals surface area contributed by atoms with E-state index in [0.717, 1.165) is 24.8 Å². The van der Waals surface area contributed by atoms with E-state index in [1.165, 1.54) is 0 Å². The zero-order valence-electron chi connectivity index (χ0n) is 22.1. The number of hydrogen-bond donors (Lipinski definition) is 3. The van der Waals surface area contributed by atoms with Gasteiger partial charge in [-0.3, -0.25) is 14.4 Å². The van der Waals surface area contributed by atoms with Crippen LogP contribution in [-0.2, 0) is 20.8 Å². The monoisotopic (exact) mass is 535 g/mol. The fourth-order valence-electron chi connectivity index (χ4n) is 6.82. The third-order valence-corrected chi connectivity index (χ3v) is 10.5. The Morgan fingerprint density at radius 3 is 2.42 bits per heavy atom. The summed E-state index contributed by atoms with van der Waals surface area (Å²) in [5, 5.41) is 16.6. The number of hydrogen-bond acceptors (Lipinski definition) is 5. The highest BCUT2D eigenvalue weighted by Crippen LogP contribution is 2.71. The molecule has 3 amide bonds. The number of carbonyl (C=O) groups excluding carboxylic acids is 3. The van der Waals surface area contributed by atoms with Gasteiger partial charge in [0.1, 0.15) is 6.04 Å². The third-order valence-electron chi connectivity index (χ3n) is 8.53. The molecule has 2 aromatic rings. The lowest BCUT2D eigenvalue weighted by Gasteiger charge is -2.37. The van der Waals surface area contributed by atoms with Crippen LogP contribution in [0.2, 0.25) is 0 Å². The quantitative estimate of drug-likeness (QED) is 0.404. The molecule has 0 radical (unpaired) electrons. The van der Waals surface area contributed by atoms with E-state index in [4.69, 9.17) is 0 Å². The number of unbranched alkanes of at least 4 members (excludes halogenated alkanes) is 1. The van der Waals surface area contributed by atoms with Crippen LogP contribution in [0.25, 0.3) is 0 Å². The lowest BCUT2D eigenvalue weighted by Crippen LogP contribution is -2.57. The average Bonchev–Trinajstić information content (AvgIpc) is 3.49. The maximum absolute atomic E-state index is 14.4. The lowest BCUT2D eigenvalue weighted by atomic mass is 9.66. The van der Waals surface area contributed by atoms with E-state index in [-0.39, 0.29) is 24.3 Å². The van der Waals surface area contributed by atoms with Crippen molar-refractivity contribution >= 4 is 35.2 Å². The van der Waals surface area contributed by atoms with Crippen molar-refractivity contribution in [3.8, 4) is 0 Å². The van der Waals surface area contributed by atoms with Crippen LogP contribution in [0.5, 0.6) is 0 Å². The Kier molecular flexibility index (Phi) is 7.56. The van der Waals surface area contributed by atoms with Gasteiger partial charge in [0.15, 0.2) is 0 Å². The van der Waals surface area contributed by atoms with Crippen LogP contribution in [0, 0.1) is 11.8 Å². The summed E-state index contributed by atoms with van der Waals surface area (Å²) in [6.07, 6.45) is 3.68. The second kappa shape index (κ2) is 10.7. The molecular formula is C30H37N3O4S. The molecule has 3 saturated heterocycles. The topological polar surface area (TPSA) is 98.7 Å². The Bertz CT molecular complexity index is 1180. The number of aliphatic hydroxyl groups excluding tert-OH is 1. The first kappa shape index (κ1) is 26.8. The van der Waals surface area contributed by atoms with E-state index in [2.05, 4.69) is 24.5 Å². The SMILES string of the molecule is CCCCNC(=O)C1N([C@@H](CO)Cc2ccccc2)C(=O)[C@@H]2[C@@H](C(=O)Nc3ccccc3)[C@@]3(C)CCC12S3. The Hall–Kier alpha value is -2.84. The van der Waals surface area contributed by atoms with Gasteiger partial charge < -0.3 is 20.6 Å². The van der Waals surface area contributed by atoms with Crippen LogP contribution >= 0.6 is 11.8 Å². The van der Waals surface area contributed by atoms with Crippen molar-refractivity contribution in [1.82, 2.24) is 10.2 Å². The van der Waals surface area contributed by atoms with Crippen molar-refractivity contribution in [3.63, 3.8) is 0 Å². The molecule has 7 nitrogen and oxygen atoms in total. The molecule has 3 aliphatic heterocycles. The summed E-state index contributed by atoms with van der Waals surface area (Å²) in [5.41, 5.74) is 1.68. The summed E-state index contributed by atoms with van der Waals surface area (Å²) in [7, 11) is 0. The van der Waals surface area contributed by atoms with Crippen LogP contribution in [0.1, 0.15) is 45.1 Å². The number of benzene rings is 2. The molecule has 0 saturated carbocycles. The lowest BCUT2D eigenvalue weighted by molar-refractivity contribution is -0.142. The van der Waals surface area contributed by atoms with Gasteiger partial charge in [-0.1, -0.05) is 61.9 Å². The number of carbonyl (C=O) groups is 3. The summed E-state index contributed by atoms with van der Waals surface area (Å²) in [4.78, 5) is 43.6. The number of fused-ring (bicyclic) bond motifs is 1. The minimum absolute atomic E-state index is 0.179. The van der Waals surface area contributed by atoms with Crippen molar-refractivity contribution in [1.29, 1.82) is 0 Å². The predicted octanol–water partition coefficient (Wildman–Crippen LogP) is 3.63. The van der Waals surface area contributed by atoms with Gasteiger partial charge in [-0.05, 0) is 50.3 Å². The van der Waals surface area contributed by atoms with Gasteiger partial charge in [0.25, 0.3) is 0 Å². The van der Waals surface area contributed by atoms with Crippen molar-refractivity contribution in [2.45, 2.75) is 67.5 Å². The average molecular weight is 536 g/mol. The minimum atomic E-state index is -0.737. The van der Waals surface area contributed by atoms with Crippen molar-refractivity contribution in [3.05, 3.63) is 66.2 Å². The first-order chi connectivity index (χ1) is 18.3. The molecule has 6 atom stereocenters. The van der Waals surface area contributed by atoms with Crippen LogP contribution in [0.15, 0.2) is 60.7 Å². The maximum Gasteiger partial charge on any atom is 0.244 e. The Balaban J connectivity index is 1.52. The van der Waals surface area contributed by atoms with Gasteiger partial charge in [0.2, 0.25) is 17.7 Å². The largest absolute Gasteiger partial charge is 0.394 e. The van der Waals surface area contributed by atoms with E-state index in [9.17, 15) is 19.5 Å². The molecule has 2 unspecified atom stereocenters. The number of nitrogens with one attached hydrogen (secondary N) is 2. The molecular weight excluding hydrogens is 498 g/mol. The van der Waals surface area contributed by atoms with Gasteiger partial charge in [-0.2, -0.15) is 0 Å². The zero-order chi connectivity index (χ0) is 26.9. The fourth-order valence-corrected chi connectivity index (χ4v) is 9.16. The highest BCUT2D eigenvalue weighted by molar-refractivity contribution is 8.02. The van der Waals surface area contributed by atoms with E-state index in [0.29, 0.717) is 25.1 Å². The van der Waals surface area contributed by atoms with Gasteiger partial charge in [0, 0.05) is 17.0 Å². The highest BCUT2D eigenvalue weighted by atomic mass is 32.2. The van der Waals surface area contributed by atoms with E-state index in [1.807, 2.05) is 60.7 Å². The van der Waals surface area contributed by atoms with Gasteiger partial charge in [-0.25, -0.2) is 0 Å². The van der Waals surface area contributed by atoms with Gasteiger partial charge >= 0.3 is 0 Å². The van der Waals surface area contributed by atoms with Crippen molar-refractivity contribution in [2.24, 2.45) is 11.8 Å². The second-order valence-electron chi connectivity index (χ2n) is 11.0. The first-order valence-corrected chi connectivity index (χ1v) is 14.5. The zero-order valence-corrected chi connectivity index (χ0v) is 22.9. The standard InChI is InChI=1S/C30H37N3O4S/c1-3-4-17-31-27(36)25-30-16-15-29(2,38-30)23(26(35)32-21-13-9-6-10-14-21)24(30)28(37)33(25)22(19-34)18-20-11-7-5-8-12-20/h5-14,22-25,34H,3-4,15-19H2,1-2H3,(H,31,36)(H,32,35)/t22-,23+,24+,25?,29-,30?/m1/s1.